The van der Waals surface area contributed by atoms with Crippen molar-refractivity contribution in [1.82, 2.24) is 14.5 Å². The van der Waals surface area contributed by atoms with E-state index in [4.69, 9.17) is 4.42 Å². The highest BCUT2D eigenvalue weighted by molar-refractivity contribution is 5.87. The Hall–Kier alpha value is -3.21. The minimum atomic E-state index is 0.130. The molecule has 0 N–H and O–H groups in total. The first-order chi connectivity index (χ1) is 12.2. The number of fused-ring (bicyclic) bond motifs is 1. The quantitative estimate of drug-likeness (QED) is 0.558. The highest BCUT2D eigenvalue weighted by atomic mass is 16.4. The third-order valence-corrected chi connectivity index (χ3v) is 4.09. The topological polar surface area (TPSA) is 60.9 Å². The van der Waals surface area contributed by atoms with E-state index in [0.717, 1.165) is 27.8 Å². The van der Waals surface area contributed by atoms with E-state index < -0.39 is 0 Å². The molecule has 0 fully saturated rings. The van der Waals surface area contributed by atoms with Crippen molar-refractivity contribution in [2.24, 2.45) is 0 Å². The van der Waals surface area contributed by atoms with Crippen molar-refractivity contribution in [2.45, 2.75) is 19.9 Å². The fourth-order valence-corrected chi connectivity index (χ4v) is 2.87. The van der Waals surface area contributed by atoms with Crippen molar-refractivity contribution in [3.05, 3.63) is 72.8 Å². The molecular weight excluding hydrogens is 314 g/mol. The average molecular weight is 331 g/mol. The lowest BCUT2D eigenvalue weighted by molar-refractivity contribution is -0.119. The molecule has 0 aliphatic heterocycles. The normalized spacial score (nSPS) is 11.1. The summed E-state index contributed by atoms with van der Waals surface area (Å²) in [5.74, 6) is 1.51. The molecular formula is C20H17N3O2. The van der Waals surface area contributed by atoms with Gasteiger partial charge in [-0.1, -0.05) is 12.1 Å². The Bertz CT molecular complexity index is 1030. The number of Topliss-reactive ketones (excluding diaryl/α,β-unsaturated/α-hetero) is 1. The smallest absolute Gasteiger partial charge is 0.191 e. The summed E-state index contributed by atoms with van der Waals surface area (Å²) in [4.78, 5) is 20.8. The van der Waals surface area contributed by atoms with Crippen LogP contribution in [0.1, 0.15) is 11.6 Å². The highest BCUT2D eigenvalue weighted by Crippen LogP contribution is 2.25. The van der Waals surface area contributed by atoms with Crippen LogP contribution in [0.5, 0.6) is 0 Å². The van der Waals surface area contributed by atoms with Crippen molar-refractivity contribution in [3.8, 4) is 11.3 Å². The lowest BCUT2D eigenvalue weighted by atomic mass is 10.1. The van der Waals surface area contributed by atoms with Crippen LogP contribution in [0.2, 0.25) is 0 Å². The maximum Gasteiger partial charge on any atom is 0.191 e. The van der Waals surface area contributed by atoms with E-state index in [1.165, 1.54) is 0 Å². The minimum Gasteiger partial charge on any atom is -0.441 e. The number of nitrogens with zero attached hydrogens (tertiary/aromatic N) is 3. The first-order valence-electron chi connectivity index (χ1n) is 8.11. The van der Waals surface area contributed by atoms with E-state index in [9.17, 15) is 4.79 Å². The van der Waals surface area contributed by atoms with Gasteiger partial charge in [-0.3, -0.25) is 9.78 Å². The van der Waals surface area contributed by atoms with E-state index in [1.807, 2.05) is 66.5 Å². The van der Waals surface area contributed by atoms with E-state index in [2.05, 4.69) is 9.97 Å². The Morgan fingerprint density at radius 1 is 1.08 bits per heavy atom. The van der Waals surface area contributed by atoms with Crippen molar-refractivity contribution >= 4 is 16.6 Å². The zero-order valence-electron chi connectivity index (χ0n) is 13.8. The molecule has 0 bridgehead atoms. The van der Waals surface area contributed by atoms with E-state index >= 15 is 0 Å². The summed E-state index contributed by atoms with van der Waals surface area (Å²) in [5.41, 5.74) is 1.74. The Morgan fingerprint density at radius 3 is 2.68 bits per heavy atom. The van der Waals surface area contributed by atoms with Gasteiger partial charge in [-0.15, -0.1) is 0 Å². The van der Waals surface area contributed by atoms with Crippen molar-refractivity contribution in [1.29, 1.82) is 0 Å². The molecule has 0 saturated carbocycles. The lowest BCUT2D eigenvalue weighted by Gasteiger charge is -2.05. The molecule has 3 aromatic heterocycles. The fraction of sp³-hybridized carbons (Fsp3) is 0.150. The van der Waals surface area contributed by atoms with Crippen molar-refractivity contribution in [3.63, 3.8) is 0 Å². The van der Waals surface area contributed by atoms with Gasteiger partial charge in [0, 0.05) is 42.2 Å². The van der Waals surface area contributed by atoms with Crippen LogP contribution in [0.4, 0.5) is 0 Å². The third-order valence-electron chi connectivity index (χ3n) is 4.09. The molecule has 0 amide bonds. The van der Waals surface area contributed by atoms with Gasteiger partial charge in [0.05, 0.1) is 19.2 Å². The van der Waals surface area contributed by atoms with Gasteiger partial charge < -0.3 is 8.98 Å². The second-order valence-electron chi connectivity index (χ2n) is 6.05. The minimum absolute atomic E-state index is 0.130. The summed E-state index contributed by atoms with van der Waals surface area (Å²) in [7, 11) is 0. The number of hydrogen-bond acceptors (Lipinski definition) is 4. The largest absolute Gasteiger partial charge is 0.441 e. The standard InChI is InChI=1S/C20H17N3O2/c1-14-21-12-20(25-14)15-4-5-16-11-22-18(9-17(16)8-15)10-19(24)13-23-6-2-3-7-23/h2-9,11-12H,10,13H2,1H3. The number of benzene rings is 1. The van der Waals surface area contributed by atoms with Crippen molar-refractivity contribution in [2.75, 3.05) is 0 Å². The van der Waals surface area contributed by atoms with Gasteiger partial charge in [-0.2, -0.15) is 0 Å². The summed E-state index contributed by atoms with van der Waals surface area (Å²) in [6, 6.07) is 11.8. The van der Waals surface area contributed by atoms with Crippen LogP contribution in [-0.2, 0) is 17.8 Å². The number of rotatable bonds is 5. The van der Waals surface area contributed by atoms with Crippen molar-refractivity contribution < 1.29 is 9.21 Å². The number of pyridine rings is 1. The Labute approximate surface area is 145 Å². The molecule has 5 heteroatoms. The maximum absolute atomic E-state index is 12.2. The fourth-order valence-electron chi connectivity index (χ4n) is 2.87. The molecule has 4 aromatic rings. The van der Waals surface area contributed by atoms with Gasteiger partial charge in [0.25, 0.3) is 0 Å². The zero-order chi connectivity index (χ0) is 17.2. The molecule has 124 valence electrons. The van der Waals surface area contributed by atoms with E-state index in [-0.39, 0.29) is 5.78 Å². The number of aryl methyl sites for hydroxylation is 1. The number of oxazole rings is 1. The third kappa shape index (κ3) is 3.35. The second kappa shape index (κ2) is 6.36. The van der Waals surface area contributed by atoms with Crippen LogP contribution in [-0.4, -0.2) is 20.3 Å². The maximum atomic E-state index is 12.2. The number of aromatic nitrogens is 3. The van der Waals surface area contributed by atoms with Crippen LogP contribution < -0.4 is 0 Å². The predicted molar refractivity (Wildman–Crippen MR) is 95.1 cm³/mol. The number of carbonyl (C=O) groups is 1. The molecule has 0 saturated heterocycles. The summed E-state index contributed by atoms with van der Waals surface area (Å²) in [6.07, 6.45) is 7.62. The highest BCUT2D eigenvalue weighted by Gasteiger charge is 2.09. The van der Waals surface area contributed by atoms with Gasteiger partial charge in [-0.25, -0.2) is 4.98 Å². The number of ketones is 1. The van der Waals surface area contributed by atoms with E-state index in [1.54, 1.807) is 6.20 Å². The van der Waals surface area contributed by atoms with Gasteiger partial charge in [-0.05, 0) is 29.7 Å². The van der Waals surface area contributed by atoms with Gasteiger partial charge >= 0.3 is 0 Å². The number of hydrogen-bond donors (Lipinski definition) is 0. The SMILES string of the molecule is Cc1ncc(-c2ccc3cnc(CC(=O)Cn4cccc4)cc3c2)o1. The Kier molecular flexibility index (Phi) is 3.90. The molecule has 0 radical (unpaired) electrons. The van der Waals surface area contributed by atoms with Gasteiger partial charge in [0.15, 0.2) is 17.4 Å². The molecule has 5 nitrogen and oxygen atoms in total. The molecule has 0 aliphatic carbocycles. The van der Waals surface area contributed by atoms with Gasteiger partial charge in [0.2, 0.25) is 0 Å². The molecule has 0 spiro atoms. The molecule has 0 aliphatic rings. The molecule has 0 unspecified atom stereocenters. The van der Waals surface area contributed by atoms with Crippen LogP contribution in [0, 0.1) is 6.92 Å². The van der Waals surface area contributed by atoms with E-state index in [0.29, 0.717) is 18.9 Å². The molecule has 0 atom stereocenters. The zero-order valence-corrected chi connectivity index (χ0v) is 13.8. The molecule has 3 heterocycles. The average Bonchev–Trinajstić information content (AvgIpc) is 3.26. The monoisotopic (exact) mass is 331 g/mol. The van der Waals surface area contributed by atoms with Crippen LogP contribution in [0.25, 0.3) is 22.1 Å². The van der Waals surface area contributed by atoms with Crippen LogP contribution in [0.15, 0.2) is 65.6 Å². The Balaban J connectivity index is 1.59. The Morgan fingerprint density at radius 2 is 1.92 bits per heavy atom. The summed E-state index contributed by atoms with van der Waals surface area (Å²) < 4.78 is 7.46. The van der Waals surface area contributed by atoms with Crippen LogP contribution >= 0.6 is 0 Å². The summed E-state index contributed by atoms with van der Waals surface area (Å²) in [6.45, 7) is 2.19. The first kappa shape index (κ1) is 15.3. The van der Waals surface area contributed by atoms with Gasteiger partial charge in [0.1, 0.15) is 0 Å². The molecule has 1 aromatic carbocycles. The molecule has 25 heavy (non-hydrogen) atoms. The predicted octanol–water partition coefficient (Wildman–Crippen LogP) is 3.81. The summed E-state index contributed by atoms with van der Waals surface area (Å²) in [5, 5.41) is 2.06. The lowest BCUT2D eigenvalue weighted by Crippen LogP contribution is -2.11. The first-order valence-corrected chi connectivity index (χ1v) is 8.11. The summed E-state index contributed by atoms with van der Waals surface area (Å²) >= 11 is 0. The number of carbonyl (C=O) groups excluding carboxylic acids is 1. The molecule has 4 rings (SSSR count). The second-order valence-corrected chi connectivity index (χ2v) is 6.05. The van der Waals surface area contributed by atoms with Crippen LogP contribution in [0.3, 0.4) is 0 Å².